The molecule has 1 aromatic rings. The molecule has 0 amide bonds. The van der Waals surface area contributed by atoms with Gasteiger partial charge in [-0.1, -0.05) is 37.3 Å². The molecule has 0 aromatic heterocycles. The third-order valence-electron chi connectivity index (χ3n) is 4.04. The smallest absolute Gasteiger partial charge is 0.332 e. The summed E-state index contributed by atoms with van der Waals surface area (Å²) in [6.07, 6.45) is 7.13. The van der Waals surface area contributed by atoms with E-state index < -0.39 is 13.7 Å². The molecule has 134 valence electrons. The van der Waals surface area contributed by atoms with Gasteiger partial charge in [0.15, 0.2) is 6.79 Å². The summed E-state index contributed by atoms with van der Waals surface area (Å²) in [7, 11) is -3.12. The van der Waals surface area contributed by atoms with Crippen LogP contribution in [0.2, 0.25) is 0 Å². The molecule has 2 aliphatic rings. The molecule has 1 aliphatic heterocycles. The van der Waals surface area contributed by atoms with E-state index in [2.05, 4.69) is 0 Å². The van der Waals surface area contributed by atoms with Crippen LogP contribution in [-0.4, -0.2) is 25.7 Å². The minimum Gasteiger partial charge on any atom is -0.754 e. The Kier molecular flexibility index (Phi) is 5.57. The molecule has 3 rings (SSSR count). The lowest BCUT2D eigenvalue weighted by atomic mass is 9.93. The number of nitrogens with zero attached hydrogens (tertiary/aromatic N) is 1. The summed E-state index contributed by atoms with van der Waals surface area (Å²) in [6, 6.07) is 7.39. The first kappa shape index (κ1) is 18.1. The first-order valence-corrected chi connectivity index (χ1v) is 9.97. The summed E-state index contributed by atoms with van der Waals surface area (Å²) in [4.78, 5) is 0. The third-order valence-corrected chi connectivity index (χ3v) is 5.96. The van der Waals surface area contributed by atoms with Crippen LogP contribution >= 0.6 is 7.60 Å². The van der Waals surface area contributed by atoms with E-state index in [9.17, 15) is 9.77 Å². The second kappa shape index (κ2) is 7.68. The van der Waals surface area contributed by atoms with Crippen molar-refractivity contribution in [2.45, 2.75) is 20.0 Å². The molecule has 1 heterocycles. The first-order valence-electron chi connectivity index (χ1n) is 8.24. The van der Waals surface area contributed by atoms with Crippen molar-refractivity contribution in [1.29, 1.82) is 0 Å². The Morgan fingerprint density at radius 2 is 2.04 bits per heavy atom. The summed E-state index contributed by atoms with van der Waals surface area (Å²) in [5.74, 6) is 0. The van der Waals surface area contributed by atoms with Crippen LogP contribution in [0.25, 0.3) is 6.08 Å². The second-order valence-electron chi connectivity index (χ2n) is 5.57. The number of benzene rings is 1. The second-order valence-corrected chi connectivity index (χ2v) is 7.94. The van der Waals surface area contributed by atoms with Crippen LogP contribution in [-0.2, 0) is 18.3 Å². The van der Waals surface area contributed by atoms with Crippen molar-refractivity contribution < 1.29 is 18.3 Å². The average Bonchev–Trinajstić information content (AvgIpc) is 2.63. The predicted octanol–water partition coefficient (Wildman–Crippen LogP) is 4.45. The maximum atomic E-state index is 12.6. The van der Waals surface area contributed by atoms with E-state index in [1.165, 1.54) is 0 Å². The van der Waals surface area contributed by atoms with Crippen molar-refractivity contribution in [1.82, 2.24) is 0 Å². The highest BCUT2D eigenvalue weighted by Gasteiger charge is 2.26. The third kappa shape index (κ3) is 3.78. The fraction of sp³-hybridized carbons (Fsp3) is 0.333. The predicted molar refractivity (Wildman–Crippen MR) is 98.1 cm³/mol. The van der Waals surface area contributed by atoms with Gasteiger partial charge in [-0.25, -0.2) is 0 Å². The molecule has 0 N–H and O–H groups in total. The Morgan fingerprint density at radius 1 is 1.24 bits per heavy atom. The highest BCUT2D eigenvalue weighted by atomic mass is 31.2. The Balaban J connectivity index is 1.74. The molecule has 25 heavy (non-hydrogen) atoms. The standard InChI is InChI=1S/C18H21NO5P/c1-3-23-25(21,4-2)24-13-22-18-11-7-10-17-15(18)12-14-8-5-6-9-16(14)19(17)20/h5-12,18H,3-4,13H2,1-2H3/q-1. The number of hydroxylamine groups is 1. The minimum atomic E-state index is -3.12. The van der Waals surface area contributed by atoms with Gasteiger partial charge in [0.2, 0.25) is 0 Å². The molecular weight excluding hydrogens is 341 g/mol. The van der Waals surface area contributed by atoms with Gasteiger partial charge in [-0.05, 0) is 30.7 Å². The lowest BCUT2D eigenvalue weighted by Gasteiger charge is -2.41. The lowest BCUT2D eigenvalue weighted by molar-refractivity contribution is -0.00958. The lowest BCUT2D eigenvalue weighted by Crippen LogP contribution is -2.28. The highest BCUT2D eigenvalue weighted by molar-refractivity contribution is 7.53. The number of ether oxygens (including phenoxy) is 1. The van der Waals surface area contributed by atoms with Gasteiger partial charge in [-0.3, -0.25) is 9.09 Å². The van der Waals surface area contributed by atoms with E-state index in [0.29, 0.717) is 18.0 Å². The molecule has 0 radical (unpaired) electrons. The van der Waals surface area contributed by atoms with Gasteiger partial charge < -0.3 is 19.5 Å². The maximum absolute atomic E-state index is 12.6. The van der Waals surface area contributed by atoms with Gasteiger partial charge in [-0.2, -0.15) is 0 Å². The molecule has 0 fully saturated rings. The van der Waals surface area contributed by atoms with Crippen molar-refractivity contribution in [3.05, 3.63) is 64.5 Å². The molecule has 1 aliphatic carbocycles. The topological polar surface area (TPSA) is 71.1 Å². The zero-order valence-electron chi connectivity index (χ0n) is 14.3. The fourth-order valence-electron chi connectivity index (χ4n) is 2.77. The van der Waals surface area contributed by atoms with Crippen molar-refractivity contribution in [2.24, 2.45) is 0 Å². The van der Waals surface area contributed by atoms with Crippen LogP contribution in [0.3, 0.4) is 0 Å². The van der Waals surface area contributed by atoms with E-state index in [-0.39, 0.29) is 13.0 Å². The van der Waals surface area contributed by atoms with Crippen LogP contribution in [0.1, 0.15) is 19.4 Å². The number of para-hydroxylation sites is 1. The van der Waals surface area contributed by atoms with Gasteiger partial charge in [-0.15, -0.1) is 0 Å². The molecule has 0 saturated carbocycles. The SMILES string of the molecule is CCOP(=O)(CC)OCOC1C=CC=C2C1=Cc1ccccc1N2[O-]. The molecule has 1 aromatic carbocycles. The molecular formula is C18H21NO5P-. The zero-order valence-corrected chi connectivity index (χ0v) is 15.1. The molecule has 0 saturated heterocycles. The summed E-state index contributed by atoms with van der Waals surface area (Å²) in [6.45, 7) is 3.65. The van der Waals surface area contributed by atoms with Gasteiger partial charge in [0.25, 0.3) is 0 Å². The van der Waals surface area contributed by atoms with Gasteiger partial charge in [0, 0.05) is 23.1 Å². The molecule has 2 atom stereocenters. The van der Waals surface area contributed by atoms with Crippen LogP contribution in [0.5, 0.6) is 0 Å². The van der Waals surface area contributed by atoms with Crippen molar-refractivity contribution in [3.8, 4) is 0 Å². The summed E-state index contributed by atoms with van der Waals surface area (Å²) in [5, 5.41) is 13.5. The average molecular weight is 362 g/mol. The minimum absolute atomic E-state index is 0.175. The summed E-state index contributed by atoms with van der Waals surface area (Å²) >= 11 is 0. The van der Waals surface area contributed by atoms with E-state index in [4.69, 9.17) is 13.8 Å². The van der Waals surface area contributed by atoms with Gasteiger partial charge in [0.05, 0.1) is 6.61 Å². The monoisotopic (exact) mass is 362 g/mol. The maximum Gasteiger partial charge on any atom is 0.332 e. The number of rotatable bonds is 7. The van der Waals surface area contributed by atoms with Crippen LogP contribution in [0, 0.1) is 5.21 Å². The largest absolute Gasteiger partial charge is 0.754 e. The zero-order chi connectivity index (χ0) is 17.9. The van der Waals surface area contributed by atoms with Crippen molar-refractivity contribution in [2.75, 3.05) is 24.6 Å². The van der Waals surface area contributed by atoms with Gasteiger partial charge in [0.1, 0.15) is 6.10 Å². The molecule has 6 nitrogen and oxygen atoms in total. The van der Waals surface area contributed by atoms with Crippen molar-refractivity contribution in [3.63, 3.8) is 0 Å². The van der Waals surface area contributed by atoms with Gasteiger partial charge >= 0.3 is 7.60 Å². The Labute approximate surface area is 147 Å². The molecule has 0 spiro atoms. The Morgan fingerprint density at radius 3 is 2.80 bits per heavy atom. The molecule has 7 heteroatoms. The number of fused-ring (bicyclic) bond motifs is 2. The van der Waals surface area contributed by atoms with Crippen LogP contribution in [0.15, 0.2) is 53.8 Å². The fourth-order valence-corrected chi connectivity index (χ4v) is 3.83. The number of hydrogen-bond donors (Lipinski definition) is 0. The number of anilines is 1. The Hall–Kier alpha value is -1.69. The molecule has 0 bridgehead atoms. The number of allylic oxidation sites excluding steroid dienone is 2. The Bertz CT molecular complexity index is 770. The van der Waals surface area contributed by atoms with E-state index in [0.717, 1.165) is 16.2 Å². The van der Waals surface area contributed by atoms with Crippen LogP contribution in [0.4, 0.5) is 5.69 Å². The van der Waals surface area contributed by atoms with Crippen molar-refractivity contribution >= 4 is 19.4 Å². The highest BCUT2D eigenvalue weighted by Crippen LogP contribution is 2.47. The first-order chi connectivity index (χ1) is 12.1. The quantitative estimate of drug-likeness (QED) is 0.527. The molecule has 2 unspecified atom stereocenters. The van der Waals surface area contributed by atoms with E-state index in [1.807, 2.05) is 30.4 Å². The summed E-state index contributed by atoms with van der Waals surface area (Å²) in [5.41, 5.74) is 2.73. The van der Waals surface area contributed by atoms with Crippen LogP contribution < -0.4 is 5.06 Å². The van der Waals surface area contributed by atoms with E-state index in [1.54, 1.807) is 32.1 Å². The normalized spacial score (nSPS) is 21.1. The van der Waals surface area contributed by atoms with E-state index >= 15 is 0 Å². The number of hydrogen-bond acceptors (Lipinski definition) is 6. The summed E-state index contributed by atoms with van der Waals surface area (Å²) < 4.78 is 28.5.